The Balaban J connectivity index is 2.10. The van der Waals surface area contributed by atoms with Crippen molar-refractivity contribution in [3.05, 3.63) is 0 Å². The van der Waals surface area contributed by atoms with Crippen molar-refractivity contribution < 1.29 is 19.4 Å². The molecule has 0 aromatic carbocycles. The summed E-state index contributed by atoms with van der Waals surface area (Å²) in [6.07, 6.45) is 4.34. The van der Waals surface area contributed by atoms with Crippen molar-refractivity contribution in [2.75, 3.05) is 6.61 Å². The minimum absolute atomic E-state index is 0.0332. The molecule has 3 unspecified atom stereocenters. The summed E-state index contributed by atoms with van der Waals surface area (Å²) < 4.78 is 5.31. The van der Waals surface area contributed by atoms with Gasteiger partial charge in [-0.25, -0.2) is 4.79 Å². The fourth-order valence-electron chi connectivity index (χ4n) is 2.99. The molecule has 1 aliphatic carbocycles. The highest BCUT2D eigenvalue weighted by Gasteiger charge is 2.47. The molecule has 18 heavy (non-hydrogen) atoms. The van der Waals surface area contributed by atoms with Crippen LogP contribution in [0.1, 0.15) is 45.4 Å². The van der Waals surface area contributed by atoms with Gasteiger partial charge < -0.3 is 15.2 Å². The normalized spacial score (nSPS) is 36.3. The van der Waals surface area contributed by atoms with Gasteiger partial charge in [0.1, 0.15) is 11.6 Å². The molecule has 1 aliphatic heterocycles. The summed E-state index contributed by atoms with van der Waals surface area (Å²) in [4.78, 5) is 23.7. The highest BCUT2D eigenvalue weighted by Crippen LogP contribution is 2.34. The van der Waals surface area contributed by atoms with E-state index in [1.807, 2.05) is 6.92 Å². The lowest BCUT2D eigenvalue weighted by Gasteiger charge is -2.40. The van der Waals surface area contributed by atoms with E-state index in [0.29, 0.717) is 19.4 Å². The van der Waals surface area contributed by atoms with Crippen molar-refractivity contribution >= 4 is 11.9 Å². The van der Waals surface area contributed by atoms with Gasteiger partial charge in [-0.1, -0.05) is 19.8 Å². The van der Waals surface area contributed by atoms with E-state index in [4.69, 9.17) is 4.74 Å². The standard InChI is InChI=1S/C13H21NO4/c1-9-5-2-3-7-13(9,12(16)17)14-11(15)10-6-4-8-18-10/h9-10H,2-8H2,1H3,(H,14,15)(H,16,17). The second-order valence-electron chi connectivity index (χ2n) is 5.41. The van der Waals surface area contributed by atoms with Crippen molar-refractivity contribution in [1.82, 2.24) is 5.32 Å². The molecule has 102 valence electrons. The Kier molecular flexibility index (Phi) is 3.90. The van der Waals surface area contributed by atoms with E-state index < -0.39 is 17.6 Å². The minimum Gasteiger partial charge on any atom is -0.479 e. The van der Waals surface area contributed by atoms with Crippen LogP contribution in [-0.2, 0) is 14.3 Å². The summed E-state index contributed by atoms with van der Waals surface area (Å²) in [6.45, 7) is 2.50. The number of hydrogen-bond donors (Lipinski definition) is 2. The van der Waals surface area contributed by atoms with Crippen LogP contribution in [0.25, 0.3) is 0 Å². The third kappa shape index (κ3) is 2.36. The second-order valence-corrected chi connectivity index (χ2v) is 5.41. The molecule has 1 amide bonds. The number of rotatable bonds is 3. The van der Waals surface area contributed by atoms with E-state index in [2.05, 4.69) is 5.32 Å². The molecule has 5 nitrogen and oxygen atoms in total. The topological polar surface area (TPSA) is 75.6 Å². The van der Waals surface area contributed by atoms with Crippen molar-refractivity contribution in [1.29, 1.82) is 0 Å². The molecule has 0 radical (unpaired) electrons. The average Bonchev–Trinajstić information content (AvgIpc) is 2.85. The van der Waals surface area contributed by atoms with Crippen LogP contribution in [-0.4, -0.2) is 35.2 Å². The minimum atomic E-state index is -1.10. The average molecular weight is 255 g/mol. The molecule has 0 bridgehead atoms. The predicted molar refractivity (Wildman–Crippen MR) is 65.1 cm³/mol. The fourth-order valence-corrected chi connectivity index (χ4v) is 2.99. The Morgan fingerprint density at radius 2 is 2.06 bits per heavy atom. The maximum Gasteiger partial charge on any atom is 0.329 e. The van der Waals surface area contributed by atoms with Crippen LogP contribution in [0, 0.1) is 5.92 Å². The van der Waals surface area contributed by atoms with Crippen LogP contribution in [0.2, 0.25) is 0 Å². The van der Waals surface area contributed by atoms with Crippen LogP contribution in [0.15, 0.2) is 0 Å². The Morgan fingerprint density at radius 1 is 1.28 bits per heavy atom. The van der Waals surface area contributed by atoms with Gasteiger partial charge in [-0.05, 0) is 31.6 Å². The quantitative estimate of drug-likeness (QED) is 0.797. The molecular weight excluding hydrogens is 234 g/mol. The van der Waals surface area contributed by atoms with Gasteiger partial charge in [0.2, 0.25) is 5.91 Å². The number of carbonyl (C=O) groups excluding carboxylic acids is 1. The Morgan fingerprint density at radius 3 is 2.61 bits per heavy atom. The molecule has 2 N–H and O–H groups in total. The van der Waals surface area contributed by atoms with Gasteiger partial charge in [0.15, 0.2) is 0 Å². The fraction of sp³-hybridized carbons (Fsp3) is 0.846. The molecule has 0 aromatic rings. The van der Waals surface area contributed by atoms with E-state index >= 15 is 0 Å². The van der Waals surface area contributed by atoms with Crippen molar-refractivity contribution in [3.8, 4) is 0 Å². The maximum atomic E-state index is 12.1. The lowest BCUT2D eigenvalue weighted by Crippen LogP contribution is -2.61. The van der Waals surface area contributed by atoms with Gasteiger partial charge in [-0.3, -0.25) is 4.79 Å². The first-order valence-electron chi connectivity index (χ1n) is 6.73. The second kappa shape index (κ2) is 5.26. The Hall–Kier alpha value is -1.10. The van der Waals surface area contributed by atoms with Gasteiger partial charge in [0, 0.05) is 6.61 Å². The molecule has 5 heteroatoms. The number of amides is 1. The smallest absolute Gasteiger partial charge is 0.329 e. The first-order chi connectivity index (χ1) is 8.56. The molecule has 1 heterocycles. The van der Waals surface area contributed by atoms with Gasteiger partial charge in [-0.2, -0.15) is 0 Å². The molecule has 3 atom stereocenters. The summed E-state index contributed by atoms with van der Waals surface area (Å²) in [5, 5.41) is 12.3. The number of aliphatic carboxylic acids is 1. The molecule has 0 aromatic heterocycles. The summed E-state index contributed by atoms with van der Waals surface area (Å²) in [6, 6.07) is 0. The zero-order chi connectivity index (χ0) is 13.2. The molecule has 2 aliphatic rings. The van der Waals surface area contributed by atoms with E-state index in [0.717, 1.165) is 25.7 Å². The Bertz CT molecular complexity index is 338. The van der Waals surface area contributed by atoms with Gasteiger partial charge in [-0.15, -0.1) is 0 Å². The third-order valence-corrected chi connectivity index (χ3v) is 4.25. The molecule has 1 saturated heterocycles. The van der Waals surface area contributed by atoms with Gasteiger partial charge >= 0.3 is 5.97 Å². The van der Waals surface area contributed by atoms with E-state index in [9.17, 15) is 14.7 Å². The lowest BCUT2D eigenvalue weighted by atomic mass is 9.73. The van der Waals surface area contributed by atoms with Crippen LogP contribution < -0.4 is 5.32 Å². The zero-order valence-electron chi connectivity index (χ0n) is 10.8. The monoisotopic (exact) mass is 255 g/mol. The van der Waals surface area contributed by atoms with Crippen LogP contribution in [0.4, 0.5) is 0 Å². The third-order valence-electron chi connectivity index (χ3n) is 4.25. The molecule has 0 spiro atoms. The number of nitrogens with one attached hydrogen (secondary N) is 1. The summed E-state index contributed by atoms with van der Waals surface area (Å²) in [5.41, 5.74) is -1.10. The molecule has 2 fully saturated rings. The summed E-state index contributed by atoms with van der Waals surface area (Å²) in [7, 11) is 0. The maximum absolute atomic E-state index is 12.1. The largest absolute Gasteiger partial charge is 0.479 e. The number of carboxylic acid groups (broad SMARTS) is 1. The number of hydrogen-bond acceptors (Lipinski definition) is 3. The van der Waals surface area contributed by atoms with Crippen molar-refractivity contribution in [2.45, 2.75) is 57.1 Å². The van der Waals surface area contributed by atoms with Crippen molar-refractivity contribution in [2.24, 2.45) is 5.92 Å². The van der Waals surface area contributed by atoms with Crippen molar-refractivity contribution in [3.63, 3.8) is 0 Å². The zero-order valence-corrected chi connectivity index (χ0v) is 10.8. The number of carboxylic acids is 1. The molecular formula is C13H21NO4. The summed E-state index contributed by atoms with van der Waals surface area (Å²) >= 11 is 0. The van der Waals surface area contributed by atoms with E-state index in [-0.39, 0.29) is 11.8 Å². The number of carbonyl (C=O) groups is 2. The Labute approximate surface area is 107 Å². The number of ether oxygens (including phenoxy) is 1. The first kappa shape index (κ1) is 13.3. The molecule has 2 rings (SSSR count). The summed E-state index contributed by atoms with van der Waals surface area (Å²) in [5.74, 6) is -1.21. The van der Waals surface area contributed by atoms with Gasteiger partial charge in [0.25, 0.3) is 0 Å². The molecule has 1 saturated carbocycles. The predicted octanol–water partition coefficient (Wildman–Crippen LogP) is 1.32. The van der Waals surface area contributed by atoms with Crippen LogP contribution in [0.3, 0.4) is 0 Å². The first-order valence-corrected chi connectivity index (χ1v) is 6.73. The highest BCUT2D eigenvalue weighted by molar-refractivity contribution is 5.89. The SMILES string of the molecule is CC1CCCCC1(NC(=O)C1CCCO1)C(=O)O. The van der Waals surface area contributed by atoms with E-state index in [1.54, 1.807) is 0 Å². The van der Waals surface area contributed by atoms with Gasteiger partial charge in [0.05, 0.1) is 0 Å². The van der Waals surface area contributed by atoms with E-state index in [1.165, 1.54) is 0 Å². The lowest BCUT2D eigenvalue weighted by molar-refractivity contribution is -0.153. The van der Waals surface area contributed by atoms with Crippen LogP contribution in [0.5, 0.6) is 0 Å². The van der Waals surface area contributed by atoms with Crippen LogP contribution >= 0.6 is 0 Å². The highest BCUT2D eigenvalue weighted by atomic mass is 16.5.